The van der Waals surface area contributed by atoms with Crippen molar-refractivity contribution in [2.24, 2.45) is 5.92 Å². The third-order valence-corrected chi connectivity index (χ3v) is 4.18. The van der Waals surface area contributed by atoms with Crippen molar-refractivity contribution in [1.29, 1.82) is 0 Å². The van der Waals surface area contributed by atoms with Crippen LogP contribution >= 0.6 is 11.6 Å². The van der Waals surface area contributed by atoms with Crippen molar-refractivity contribution in [2.45, 2.75) is 19.8 Å². The summed E-state index contributed by atoms with van der Waals surface area (Å²) < 4.78 is 5.62. The lowest BCUT2D eigenvalue weighted by Gasteiger charge is -2.31. The van der Waals surface area contributed by atoms with Crippen molar-refractivity contribution in [2.75, 3.05) is 33.3 Å². The van der Waals surface area contributed by atoms with Gasteiger partial charge in [-0.3, -0.25) is 4.79 Å². The summed E-state index contributed by atoms with van der Waals surface area (Å²) >= 11 is 5.90. The average Bonchev–Trinajstić information content (AvgIpc) is 2.47. The molecular weight excluding hydrogens is 288 g/mol. The number of halogens is 1. The number of amides is 1. The molecule has 4 nitrogen and oxygen atoms in total. The molecule has 116 valence electrons. The van der Waals surface area contributed by atoms with Crippen LogP contribution < -0.4 is 10.1 Å². The van der Waals surface area contributed by atoms with Gasteiger partial charge in [-0.05, 0) is 63.0 Å². The van der Waals surface area contributed by atoms with E-state index in [-0.39, 0.29) is 12.5 Å². The van der Waals surface area contributed by atoms with Crippen LogP contribution in [-0.2, 0) is 4.79 Å². The standard InChI is InChI=1S/C16H23ClN2O2/c1-12-9-14(17)3-4-15(12)21-11-16(20)19-7-5-13(6-8-19)10-18-2/h3-4,9,13,18H,5-8,10-11H2,1-2H3. The van der Waals surface area contributed by atoms with Gasteiger partial charge in [0.05, 0.1) is 0 Å². The molecule has 1 fully saturated rings. The maximum Gasteiger partial charge on any atom is 0.260 e. The first kappa shape index (κ1) is 16.1. The first-order valence-electron chi connectivity index (χ1n) is 7.41. The fourth-order valence-corrected chi connectivity index (χ4v) is 2.91. The third kappa shape index (κ3) is 4.61. The highest BCUT2D eigenvalue weighted by atomic mass is 35.5. The van der Waals surface area contributed by atoms with Gasteiger partial charge in [0.15, 0.2) is 6.61 Å². The normalized spacial score (nSPS) is 16.0. The van der Waals surface area contributed by atoms with Crippen molar-refractivity contribution in [3.8, 4) is 5.75 Å². The fourth-order valence-electron chi connectivity index (χ4n) is 2.68. The number of rotatable bonds is 5. The zero-order valence-corrected chi connectivity index (χ0v) is 13.4. The lowest BCUT2D eigenvalue weighted by atomic mass is 9.97. The topological polar surface area (TPSA) is 41.6 Å². The maximum atomic E-state index is 12.2. The highest BCUT2D eigenvalue weighted by molar-refractivity contribution is 6.30. The number of nitrogens with one attached hydrogen (secondary N) is 1. The van der Waals surface area contributed by atoms with Crippen LogP contribution in [0.5, 0.6) is 5.75 Å². The van der Waals surface area contributed by atoms with E-state index < -0.39 is 0 Å². The van der Waals surface area contributed by atoms with E-state index in [9.17, 15) is 4.79 Å². The van der Waals surface area contributed by atoms with E-state index >= 15 is 0 Å². The van der Waals surface area contributed by atoms with Crippen LogP contribution in [0.25, 0.3) is 0 Å². The monoisotopic (exact) mass is 310 g/mol. The van der Waals surface area contributed by atoms with Gasteiger partial charge in [0.25, 0.3) is 5.91 Å². The summed E-state index contributed by atoms with van der Waals surface area (Å²) in [7, 11) is 1.97. The van der Waals surface area contributed by atoms with Gasteiger partial charge >= 0.3 is 0 Å². The highest BCUT2D eigenvalue weighted by Crippen LogP contribution is 2.22. The number of hydrogen-bond acceptors (Lipinski definition) is 3. The second kappa shape index (κ2) is 7.66. The Labute approximate surface area is 131 Å². The van der Waals surface area contributed by atoms with Crippen LogP contribution in [0.3, 0.4) is 0 Å². The van der Waals surface area contributed by atoms with Gasteiger partial charge in [-0.25, -0.2) is 0 Å². The molecule has 5 heteroatoms. The number of piperidine rings is 1. The number of carbonyl (C=O) groups is 1. The molecule has 1 aliphatic heterocycles. The molecule has 1 amide bonds. The molecule has 21 heavy (non-hydrogen) atoms. The smallest absolute Gasteiger partial charge is 0.260 e. The molecule has 0 unspecified atom stereocenters. The number of likely N-dealkylation sites (tertiary alicyclic amines) is 1. The van der Waals surface area contributed by atoms with Gasteiger partial charge in [0.1, 0.15) is 5.75 Å². The van der Waals surface area contributed by atoms with Crippen LogP contribution in [0.1, 0.15) is 18.4 Å². The second-order valence-electron chi connectivity index (χ2n) is 5.58. The van der Waals surface area contributed by atoms with Gasteiger partial charge in [-0.2, -0.15) is 0 Å². The van der Waals surface area contributed by atoms with Crippen LogP contribution in [0.15, 0.2) is 18.2 Å². The van der Waals surface area contributed by atoms with Gasteiger partial charge in [-0.15, -0.1) is 0 Å². The van der Waals surface area contributed by atoms with E-state index in [2.05, 4.69) is 5.32 Å². The van der Waals surface area contributed by atoms with Crippen molar-refractivity contribution in [1.82, 2.24) is 10.2 Å². The Morgan fingerprint density at radius 1 is 1.43 bits per heavy atom. The second-order valence-corrected chi connectivity index (χ2v) is 6.02. The van der Waals surface area contributed by atoms with Crippen LogP contribution in [0.2, 0.25) is 5.02 Å². The number of carbonyl (C=O) groups excluding carboxylic acids is 1. The Bertz CT molecular complexity index is 485. The molecule has 1 heterocycles. The van der Waals surface area contributed by atoms with E-state index in [1.165, 1.54) is 0 Å². The van der Waals surface area contributed by atoms with E-state index in [1.54, 1.807) is 6.07 Å². The lowest BCUT2D eigenvalue weighted by Crippen LogP contribution is -2.42. The first-order chi connectivity index (χ1) is 10.1. The van der Waals surface area contributed by atoms with Crippen LogP contribution in [0.4, 0.5) is 0 Å². The minimum Gasteiger partial charge on any atom is -0.483 e. The van der Waals surface area contributed by atoms with Crippen molar-refractivity contribution in [3.05, 3.63) is 28.8 Å². The van der Waals surface area contributed by atoms with Gasteiger partial charge in [0.2, 0.25) is 0 Å². The van der Waals surface area contributed by atoms with E-state index in [0.29, 0.717) is 10.9 Å². The molecule has 0 radical (unpaired) electrons. The largest absolute Gasteiger partial charge is 0.483 e. The lowest BCUT2D eigenvalue weighted by molar-refractivity contribution is -0.134. The number of hydrogen-bond donors (Lipinski definition) is 1. The predicted molar refractivity (Wildman–Crippen MR) is 84.9 cm³/mol. The van der Waals surface area contributed by atoms with Gasteiger partial charge < -0.3 is 15.0 Å². The molecule has 0 bridgehead atoms. The maximum absolute atomic E-state index is 12.2. The summed E-state index contributed by atoms with van der Waals surface area (Å²) in [5.41, 5.74) is 0.947. The Morgan fingerprint density at radius 2 is 2.14 bits per heavy atom. The number of nitrogens with zero attached hydrogens (tertiary/aromatic N) is 1. The highest BCUT2D eigenvalue weighted by Gasteiger charge is 2.22. The van der Waals surface area contributed by atoms with E-state index in [0.717, 1.165) is 43.8 Å². The number of aryl methyl sites for hydroxylation is 1. The van der Waals surface area contributed by atoms with Crippen LogP contribution in [-0.4, -0.2) is 44.1 Å². The predicted octanol–water partition coefficient (Wildman–Crippen LogP) is 2.49. The van der Waals surface area contributed by atoms with Gasteiger partial charge in [-0.1, -0.05) is 11.6 Å². The summed E-state index contributed by atoms with van der Waals surface area (Å²) in [6.07, 6.45) is 2.12. The molecule has 1 aromatic rings. The molecule has 0 aliphatic carbocycles. The van der Waals surface area contributed by atoms with Crippen molar-refractivity contribution in [3.63, 3.8) is 0 Å². The Morgan fingerprint density at radius 3 is 2.76 bits per heavy atom. The zero-order valence-electron chi connectivity index (χ0n) is 12.7. The van der Waals surface area contributed by atoms with Crippen LogP contribution in [0, 0.1) is 12.8 Å². The SMILES string of the molecule is CNCC1CCN(C(=O)COc2ccc(Cl)cc2C)CC1. The molecular formula is C16H23ClN2O2. The summed E-state index contributed by atoms with van der Waals surface area (Å²) in [5, 5.41) is 3.88. The molecule has 1 saturated heterocycles. The third-order valence-electron chi connectivity index (χ3n) is 3.95. The number of benzene rings is 1. The van der Waals surface area contributed by atoms with E-state index in [4.69, 9.17) is 16.3 Å². The van der Waals surface area contributed by atoms with Crippen molar-refractivity contribution < 1.29 is 9.53 Å². The molecule has 0 saturated carbocycles. The van der Waals surface area contributed by atoms with E-state index in [1.807, 2.05) is 31.0 Å². The quantitative estimate of drug-likeness (QED) is 0.908. The summed E-state index contributed by atoms with van der Waals surface area (Å²) in [6, 6.07) is 5.42. The molecule has 0 aromatic heterocycles. The first-order valence-corrected chi connectivity index (χ1v) is 7.79. The molecule has 1 aromatic carbocycles. The molecule has 1 N–H and O–H groups in total. The minimum atomic E-state index is 0.0623. The summed E-state index contributed by atoms with van der Waals surface area (Å²) in [5.74, 6) is 1.46. The Kier molecular flexibility index (Phi) is 5.88. The molecule has 2 rings (SSSR count). The average molecular weight is 311 g/mol. The Hall–Kier alpha value is -1.26. The fraction of sp³-hybridized carbons (Fsp3) is 0.562. The zero-order chi connectivity index (χ0) is 15.2. The molecule has 1 aliphatic rings. The molecule has 0 atom stereocenters. The van der Waals surface area contributed by atoms with Crippen molar-refractivity contribution >= 4 is 17.5 Å². The summed E-state index contributed by atoms with van der Waals surface area (Å²) in [6.45, 7) is 4.71. The minimum absolute atomic E-state index is 0.0623. The Balaban J connectivity index is 1.80. The molecule has 0 spiro atoms. The summed E-state index contributed by atoms with van der Waals surface area (Å²) in [4.78, 5) is 14.1. The van der Waals surface area contributed by atoms with Gasteiger partial charge in [0, 0.05) is 18.1 Å². The number of ether oxygens (including phenoxy) is 1.